The number of benzene rings is 4. The van der Waals surface area contributed by atoms with Crippen LogP contribution in [0.25, 0.3) is 33.2 Å². The molecule has 0 N–H and O–H groups in total. The van der Waals surface area contributed by atoms with E-state index in [1.54, 1.807) is 0 Å². The molecule has 0 saturated carbocycles. The maximum Gasteiger partial charge on any atom is 2.00 e. The number of hydrogen-bond donors (Lipinski definition) is 0. The van der Waals surface area contributed by atoms with Crippen LogP contribution in [0.3, 0.4) is 0 Å². The number of pyridine rings is 1. The van der Waals surface area contributed by atoms with E-state index in [2.05, 4.69) is 48.5 Å². The maximum atomic E-state index is 4.78. The zero-order valence-corrected chi connectivity index (χ0v) is 18.2. The fourth-order valence-corrected chi connectivity index (χ4v) is 3.54. The molecule has 4 aromatic carbocycles. The number of rotatable bonds is 4. The van der Waals surface area contributed by atoms with Gasteiger partial charge in [-0.15, -0.1) is 70.4 Å². The Balaban J connectivity index is 0.00000231. The van der Waals surface area contributed by atoms with Crippen LogP contribution in [0.15, 0.2) is 108 Å². The molecular weight excluding hydrogens is 471 g/mol. The molecule has 150 valence electrons. The summed E-state index contributed by atoms with van der Waals surface area (Å²) in [5.41, 5.74) is 5.67. The Hall–Kier alpha value is -3.38. The van der Waals surface area contributed by atoms with Gasteiger partial charge in [-0.1, -0.05) is 60.2 Å². The van der Waals surface area contributed by atoms with E-state index in [-0.39, 0.29) is 20.4 Å². The van der Waals surface area contributed by atoms with E-state index in [1.807, 2.05) is 72.9 Å². The minimum absolute atomic E-state index is 0. The van der Waals surface area contributed by atoms with Gasteiger partial charge in [-0.25, -0.2) is 0 Å². The maximum absolute atomic E-state index is 4.78. The molecule has 0 aliphatic rings. The van der Waals surface area contributed by atoms with Gasteiger partial charge in [-0.3, -0.25) is 9.98 Å². The van der Waals surface area contributed by atoms with Crippen molar-refractivity contribution in [3.05, 3.63) is 121 Å². The molecule has 0 radical (unpaired) electrons. The summed E-state index contributed by atoms with van der Waals surface area (Å²) in [4.78, 5) is 9.50. The number of hydrogen-bond acceptors (Lipinski definition) is 2. The Morgan fingerprint density at radius 2 is 1.55 bits per heavy atom. The predicted octanol–water partition coefficient (Wildman–Crippen LogP) is 6.92. The number of para-hydroxylation sites is 1. The first-order chi connectivity index (χ1) is 14.9. The van der Waals surface area contributed by atoms with E-state index in [0.717, 1.165) is 33.8 Å². The molecule has 0 saturated heterocycles. The molecule has 5 aromatic rings. The second-order valence-corrected chi connectivity index (χ2v) is 6.94. The largest absolute Gasteiger partial charge is 2.00 e. The van der Waals surface area contributed by atoms with E-state index in [9.17, 15) is 0 Å². The molecule has 31 heavy (non-hydrogen) atoms. The van der Waals surface area contributed by atoms with E-state index in [1.165, 1.54) is 10.8 Å². The second kappa shape index (κ2) is 9.62. The molecule has 0 atom stereocenters. The molecule has 0 spiro atoms. The zero-order valence-electron chi connectivity index (χ0n) is 16.6. The van der Waals surface area contributed by atoms with Crippen LogP contribution < -0.4 is 0 Å². The average Bonchev–Trinajstić information content (AvgIpc) is 2.83. The minimum atomic E-state index is 0. The van der Waals surface area contributed by atoms with Gasteiger partial charge in [0.2, 0.25) is 0 Å². The van der Waals surface area contributed by atoms with Crippen molar-refractivity contribution in [3.63, 3.8) is 0 Å². The molecule has 0 aliphatic carbocycles. The molecule has 0 amide bonds. The SMILES string of the molecule is [Pd+2].[c-]1ccccc1-c1cccc(C=Nc2ccccc2-c2[c-]ccc3ccccc23)n1. The summed E-state index contributed by atoms with van der Waals surface area (Å²) in [6.07, 6.45) is 1.82. The molecular formula is C28H18N2Pd. The van der Waals surface area contributed by atoms with Gasteiger partial charge in [0.25, 0.3) is 0 Å². The monoisotopic (exact) mass is 488 g/mol. The van der Waals surface area contributed by atoms with Crippen LogP contribution in [-0.4, -0.2) is 11.2 Å². The number of aromatic nitrogens is 1. The Morgan fingerprint density at radius 1 is 0.710 bits per heavy atom. The normalized spacial score (nSPS) is 10.8. The summed E-state index contributed by atoms with van der Waals surface area (Å²) in [5.74, 6) is 0. The van der Waals surface area contributed by atoms with E-state index < -0.39 is 0 Å². The first kappa shape index (κ1) is 20.9. The first-order valence-electron chi connectivity index (χ1n) is 9.85. The van der Waals surface area contributed by atoms with Crippen molar-refractivity contribution in [1.82, 2.24) is 4.98 Å². The van der Waals surface area contributed by atoms with Crippen molar-refractivity contribution in [2.45, 2.75) is 0 Å². The van der Waals surface area contributed by atoms with E-state index in [0.29, 0.717) is 0 Å². The van der Waals surface area contributed by atoms with Gasteiger partial charge in [-0.2, -0.15) is 0 Å². The minimum Gasteiger partial charge on any atom is -0.295 e. The van der Waals surface area contributed by atoms with Crippen LogP contribution >= 0.6 is 0 Å². The summed E-state index contributed by atoms with van der Waals surface area (Å²) in [6, 6.07) is 41.0. The fraction of sp³-hybridized carbons (Fsp3) is 0. The molecule has 0 aliphatic heterocycles. The van der Waals surface area contributed by atoms with E-state index >= 15 is 0 Å². The Bertz CT molecular complexity index is 1340. The third-order valence-electron chi connectivity index (χ3n) is 4.99. The van der Waals surface area contributed by atoms with Crippen molar-refractivity contribution >= 4 is 22.7 Å². The molecule has 1 aromatic heterocycles. The van der Waals surface area contributed by atoms with Crippen LogP contribution in [0.2, 0.25) is 0 Å². The third kappa shape index (κ3) is 4.54. The molecule has 0 unspecified atom stereocenters. The second-order valence-electron chi connectivity index (χ2n) is 6.94. The van der Waals surface area contributed by atoms with Crippen LogP contribution in [0, 0.1) is 12.1 Å². The summed E-state index contributed by atoms with van der Waals surface area (Å²) in [5, 5.41) is 2.36. The van der Waals surface area contributed by atoms with Crippen molar-refractivity contribution in [3.8, 4) is 22.4 Å². The van der Waals surface area contributed by atoms with Crippen LogP contribution in [-0.2, 0) is 20.4 Å². The van der Waals surface area contributed by atoms with Crippen molar-refractivity contribution in [1.29, 1.82) is 0 Å². The Labute approximate surface area is 196 Å². The van der Waals surface area contributed by atoms with Gasteiger partial charge in [0.1, 0.15) is 0 Å². The Morgan fingerprint density at radius 3 is 2.45 bits per heavy atom. The summed E-state index contributed by atoms with van der Waals surface area (Å²) < 4.78 is 0. The molecule has 3 heteroatoms. The van der Waals surface area contributed by atoms with E-state index in [4.69, 9.17) is 9.98 Å². The Kier molecular flexibility index (Phi) is 6.48. The number of fused-ring (bicyclic) bond motifs is 1. The number of nitrogens with zero attached hydrogens (tertiary/aromatic N) is 2. The molecule has 0 fully saturated rings. The predicted molar refractivity (Wildman–Crippen MR) is 124 cm³/mol. The summed E-state index contributed by atoms with van der Waals surface area (Å²) in [6.45, 7) is 0. The smallest absolute Gasteiger partial charge is 0.295 e. The van der Waals surface area contributed by atoms with Crippen LogP contribution in [0.5, 0.6) is 0 Å². The summed E-state index contributed by atoms with van der Waals surface area (Å²) >= 11 is 0. The zero-order chi connectivity index (χ0) is 20.2. The topological polar surface area (TPSA) is 25.2 Å². The molecule has 5 rings (SSSR count). The molecule has 0 bridgehead atoms. The molecule has 2 nitrogen and oxygen atoms in total. The summed E-state index contributed by atoms with van der Waals surface area (Å²) in [7, 11) is 0. The van der Waals surface area contributed by atoms with Crippen LogP contribution in [0.1, 0.15) is 5.69 Å². The third-order valence-corrected chi connectivity index (χ3v) is 4.99. The van der Waals surface area contributed by atoms with Gasteiger partial charge >= 0.3 is 20.4 Å². The van der Waals surface area contributed by atoms with Gasteiger partial charge in [0.05, 0.1) is 11.9 Å². The standard InChI is InChI=1S/C28H18N2.Pd/c1-2-11-22(12-3-1)27-19-9-14-23(30-27)20-29-28-18-7-6-16-26(28)25-17-8-13-21-10-4-5-15-24(21)25;/h1-11,13-16,18-20H;/q-2;+2. The first-order valence-corrected chi connectivity index (χ1v) is 9.85. The van der Waals surface area contributed by atoms with Crippen LogP contribution in [0.4, 0.5) is 5.69 Å². The molecule has 1 heterocycles. The van der Waals surface area contributed by atoms with Gasteiger partial charge in [-0.05, 0) is 17.8 Å². The van der Waals surface area contributed by atoms with Crippen molar-refractivity contribution in [2.24, 2.45) is 4.99 Å². The average molecular weight is 489 g/mol. The van der Waals surface area contributed by atoms with Gasteiger partial charge < -0.3 is 0 Å². The van der Waals surface area contributed by atoms with Gasteiger partial charge in [0, 0.05) is 5.69 Å². The van der Waals surface area contributed by atoms with Gasteiger partial charge in [0.15, 0.2) is 0 Å². The van der Waals surface area contributed by atoms with Crippen molar-refractivity contribution in [2.75, 3.05) is 0 Å². The fourth-order valence-electron chi connectivity index (χ4n) is 3.54. The number of aliphatic imine (C=N–C) groups is 1. The quantitative estimate of drug-likeness (QED) is 0.153. The van der Waals surface area contributed by atoms with Crippen molar-refractivity contribution < 1.29 is 20.4 Å².